The third-order valence-corrected chi connectivity index (χ3v) is 1.88. The molecule has 112 valence electrons. The molecule has 1 aliphatic heterocycles. The van der Waals surface area contributed by atoms with Crippen LogP contribution in [-0.2, 0) is 9.59 Å². The lowest BCUT2D eigenvalue weighted by atomic mass is 10.2. The summed E-state index contributed by atoms with van der Waals surface area (Å²) >= 11 is 0. The van der Waals surface area contributed by atoms with E-state index in [-0.39, 0.29) is 13.5 Å². The number of hydrogen-bond donors (Lipinski definition) is 3. The van der Waals surface area contributed by atoms with Crippen LogP contribution in [0.25, 0.3) is 0 Å². The number of nitrogens with one attached hydrogen (secondary N) is 1. The van der Waals surface area contributed by atoms with E-state index in [2.05, 4.69) is 5.32 Å². The van der Waals surface area contributed by atoms with Crippen molar-refractivity contribution in [3.05, 3.63) is 29.8 Å². The van der Waals surface area contributed by atoms with E-state index in [9.17, 15) is 8.78 Å². The van der Waals surface area contributed by atoms with Gasteiger partial charge in [0.1, 0.15) is 23.5 Å². The van der Waals surface area contributed by atoms with Gasteiger partial charge in [0.15, 0.2) is 0 Å². The van der Waals surface area contributed by atoms with Crippen LogP contribution in [0.4, 0.5) is 8.78 Å². The normalized spacial score (nSPS) is 15.2. The van der Waals surface area contributed by atoms with Crippen molar-refractivity contribution in [3.63, 3.8) is 0 Å². The van der Waals surface area contributed by atoms with Crippen molar-refractivity contribution in [2.24, 2.45) is 0 Å². The molecular formula is C12H15F2NO5. The first-order valence-electron chi connectivity index (χ1n) is 6.45. The standard InChI is InChI=1S/C9H9F2NO.C2H2O4.CH4/c10-6-1-7(11)3-8(2-6)13-9-4-12-5-9;3-1(4)2(5)6;/h1-3,9,12H,4-5H2;(H,3,4)(H,5,6);1H4/i1D,2D,3D;;. The fourth-order valence-corrected chi connectivity index (χ4v) is 0.961. The third kappa shape index (κ3) is 6.10. The lowest BCUT2D eigenvalue weighted by molar-refractivity contribution is -0.159. The molecule has 6 nitrogen and oxygen atoms in total. The molecule has 1 aromatic rings. The van der Waals surface area contributed by atoms with Gasteiger partial charge in [0.2, 0.25) is 0 Å². The summed E-state index contributed by atoms with van der Waals surface area (Å²) in [6.45, 7) is 1.04. The molecule has 20 heavy (non-hydrogen) atoms. The number of hydrogen-bond acceptors (Lipinski definition) is 4. The first-order chi connectivity index (χ1) is 10.2. The van der Waals surface area contributed by atoms with Crippen molar-refractivity contribution in [2.75, 3.05) is 13.1 Å². The van der Waals surface area contributed by atoms with E-state index in [1.807, 2.05) is 0 Å². The maximum atomic E-state index is 13.2. The van der Waals surface area contributed by atoms with Gasteiger partial charge < -0.3 is 20.3 Å². The van der Waals surface area contributed by atoms with Gasteiger partial charge in [-0.05, 0) is 0 Å². The van der Waals surface area contributed by atoms with Gasteiger partial charge in [0, 0.05) is 31.2 Å². The Morgan fingerprint density at radius 1 is 1.20 bits per heavy atom. The van der Waals surface area contributed by atoms with Crippen LogP contribution in [0, 0.1) is 11.6 Å². The van der Waals surface area contributed by atoms with E-state index in [0.29, 0.717) is 13.1 Å². The van der Waals surface area contributed by atoms with Gasteiger partial charge in [-0.3, -0.25) is 0 Å². The number of benzene rings is 1. The topological polar surface area (TPSA) is 95.9 Å². The Kier molecular flexibility index (Phi) is 5.15. The summed E-state index contributed by atoms with van der Waals surface area (Å²) in [4.78, 5) is 18.2. The van der Waals surface area contributed by atoms with Crippen molar-refractivity contribution >= 4 is 11.9 Å². The summed E-state index contributed by atoms with van der Waals surface area (Å²) in [5.41, 5.74) is 0. The maximum Gasteiger partial charge on any atom is 0.414 e. The molecule has 2 rings (SSSR count). The molecule has 3 N–H and O–H groups in total. The summed E-state index contributed by atoms with van der Waals surface area (Å²) < 4.78 is 53.2. The number of carbonyl (C=O) groups is 2. The van der Waals surface area contributed by atoms with Crippen molar-refractivity contribution in [2.45, 2.75) is 13.5 Å². The molecule has 0 bridgehead atoms. The van der Waals surface area contributed by atoms with Crippen LogP contribution in [0.15, 0.2) is 18.1 Å². The van der Waals surface area contributed by atoms with Gasteiger partial charge >= 0.3 is 11.9 Å². The quantitative estimate of drug-likeness (QED) is 0.707. The Bertz CT molecular complexity index is 570. The highest BCUT2D eigenvalue weighted by Crippen LogP contribution is 2.17. The Morgan fingerprint density at radius 3 is 1.95 bits per heavy atom. The smallest absolute Gasteiger partial charge is 0.414 e. The molecule has 0 radical (unpaired) electrons. The average Bonchev–Trinajstić information content (AvgIpc) is 2.41. The Balaban J connectivity index is 0.000000599. The minimum atomic E-state index is -1.82. The predicted molar refractivity (Wildman–Crippen MR) is 65.6 cm³/mol. The third-order valence-electron chi connectivity index (χ3n) is 1.88. The molecule has 8 heteroatoms. The molecular weight excluding hydrogens is 276 g/mol. The summed E-state index contributed by atoms with van der Waals surface area (Å²) in [6.07, 6.45) is -0.274. The largest absolute Gasteiger partial charge is 0.488 e. The SMILES string of the molecule is C.O=C(O)C(=O)O.[2H]c1c(F)c([2H])c(OC2CNC2)c([2H])c1F. The Hall–Kier alpha value is -2.22. The van der Waals surface area contributed by atoms with Crippen LogP contribution in [0.3, 0.4) is 0 Å². The molecule has 0 saturated carbocycles. The summed E-state index contributed by atoms with van der Waals surface area (Å²) in [5, 5.41) is 17.7. The number of halogens is 2. The summed E-state index contributed by atoms with van der Waals surface area (Å²) in [7, 11) is 0. The molecule has 1 saturated heterocycles. The average molecular weight is 294 g/mol. The highest BCUT2D eigenvalue weighted by atomic mass is 19.1. The molecule has 1 fully saturated rings. The molecule has 0 atom stereocenters. The van der Waals surface area contributed by atoms with Crippen LogP contribution >= 0.6 is 0 Å². The second-order valence-corrected chi connectivity index (χ2v) is 3.34. The van der Waals surface area contributed by atoms with Crippen molar-refractivity contribution in [1.29, 1.82) is 0 Å². The Morgan fingerprint density at radius 2 is 1.65 bits per heavy atom. The van der Waals surface area contributed by atoms with Crippen LogP contribution in [0.2, 0.25) is 0 Å². The molecule has 0 aromatic heterocycles. The van der Waals surface area contributed by atoms with Crippen LogP contribution in [0.1, 0.15) is 11.5 Å². The highest BCUT2D eigenvalue weighted by Gasteiger charge is 2.18. The van der Waals surface area contributed by atoms with E-state index < -0.39 is 47.4 Å². The lowest BCUT2D eigenvalue weighted by Gasteiger charge is -2.27. The number of aliphatic carboxylic acids is 2. The lowest BCUT2D eigenvalue weighted by Crippen LogP contribution is -2.50. The maximum absolute atomic E-state index is 13.2. The van der Waals surface area contributed by atoms with Gasteiger partial charge in [-0.25, -0.2) is 18.4 Å². The van der Waals surface area contributed by atoms with Crippen molar-refractivity contribution in [1.82, 2.24) is 5.32 Å². The zero-order valence-corrected chi connectivity index (χ0v) is 9.37. The minimum absolute atomic E-state index is 0. The van der Waals surface area contributed by atoms with E-state index in [1.54, 1.807) is 0 Å². The van der Waals surface area contributed by atoms with E-state index in [0.717, 1.165) is 0 Å². The number of carboxylic acid groups (broad SMARTS) is 2. The van der Waals surface area contributed by atoms with Gasteiger partial charge in [0.05, 0.1) is 4.11 Å². The number of ether oxygens (including phenoxy) is 1. The zero-order chi connectivity index (χ0) is 17.0. The predicted octanol–water partition coefficient (Wildman–Crippen LogP) is 1.11. The fraction of sp³-hybridized carbons (Fsp3) is 0.333. The molecule has 1 aromatic carbocycles. The summed E-state index contributed by atoms with van der Waals surface area (Å²) in [6, 6.07) is -2.53. The van der Waals surface area contributed by atoms with Gasteiger partial charge in [-0.1, -0.05) is 7.43 Å². The minimum Gasteiger partial charge on any atom is -0.488 e. The molecule has 1 aliphatic rings. The van der Waals surface area contributed by atoms with Crippen LogP contribution in [-0.4, -0.2) is 41.3 Å². The molecule has 0 aliphatic carbocycles. The monoisotopic (exact) mass is 294 g/mol. The number of rotatable bonds is 2. The second kappa shape index (κ2) is 8.05. The van der Waals surface area contributed by atoms with Crippen molar-refractivity contribution < 1.29 is 37.4 Å². The first-order valence-corrected chi connectivity index (χ1v) is 4.95. The van der Waals surface area contributed by atoms with E-state index >= 15 is 0 Å². The summed E-state index contributed by atoms with van der Waals surface area (Å²) in [5.74, 6) is -6.67. The van der Waals surface area contributed by atoms with Gasteiger partial charge in [-0.15, -0.1) is 0 Å². The zero-order valence-electron chi connectivity index (χ0n) is 12.4. The molecule has 0 spiro atoms. The van der Waals surface area contributed by atoms with Gasteiger partial charge in [0.25, 0.3) is 0 Å². The van der Waals surface area contributed by atoms with Crippen LogP contribution < -0.4 is 10.1 Å². The molecule has 1 heterocycles. The molecule has 0 unspecified atom stereocenters. The highest BCUT2D eigenvalue weighted by molar-refractivity contribution is 6.27. The van der Waals surface area contributed by atoms with Gasteiger partial charge in [-0.2, -0.15) is 0 Å². The van der Waals surface area contributed by atoms with Crippen molar-refractivity contribution in [3.8, 4) is 5.75 Å². The fourth-order valence-electron chi connectivity index (χ4n) is 0.961. The first kappa shape index (κ1) is 12.8. The van der Waals surface area contributed by atoms with Crippen LogP contribution in [0.5, 0.6) is 5.75 Å². The van der Waals surface area contributed by atoms with E-state index in [1.165, 1.54) is 0 Å². The Labute approximate surface area is 118 Å². The van der Waals surface area contributed by atoms with E-state index in [4.69, 9.17) is 28.7 Å². The molecule has 0 amide bonds. The second-order valence-electron chi connectivity index (χ2n) is 3.34. The number of carboxylic acids is 2.